The molecule has 4 aliphatic carbocycles. The van der Waals surface area contributed by atoms with Gasteiger partial charge in [0, 0.05) is 32.2 Å². The number of hydrogen-bond acceptors (Lipinski definition) is 4. The van der Waals surface area contributed by atoms with Crippen LogP contribution >= 0.6 is 0 Å². The zero-order valence-corrected chi connectivity index (χ0v) is 23.2. The van der Waals surface area contributed by atoms with Crippen LogP contribution in [0.2, 0.25) is 18.6 Å². The lowest BCUT2D eigenvalue weighted by molar-refractivity contribution is -0.152. The average molecular weight is 477 g/mol. The van der Waals surface area contributed by atoms with Crippen molar-refractivity contribution in [3.05, 3.63) is 0 Å². The normalized spacial score (nSPS) is 48.7. The minimum absolute atomic E-state index is 0.124. The minimum atomic E-state index is -1.55. The molecule has 4 unspecified atom stereocenters. The Kier molecular flexibility index (Phi) is 6.88. The third-order valence-electron chi connectivity index (χ3n) is 12.1. The van der Waals surface area contributed by atoms with E-state index in [0.717, 1.165) is 56.3 Å². The Balaban J connectivity index is 1.35. The van der Waals surface area contributed by atoms with Crippen LogP contribution in [0, 0.1) is 34.5 Å². The molecule has 1 aliphatic heterocycles. The summed E-state index contributed by atoms with van der Waals surface area (Å²) >= 11 is 0. The highest BCUT2D eigenvalue weighted by Crippen LogP contribution is 2.67. The first-order valence-corrected chi connectivity index (χ1v) is 17.4. The van der Waals surface area contributed by atoms with Crippen molar-refractivity contribution in [2.45, 2.75) is 116 Å². The van der Waals surface area contributed by atoms with E-state index in [1.165, 1.54) is 57.0 Å². The molecule has 1 saturated heterocycles. The molecule has 190 valence electrons. The molecule has 5 aliphatic rings. The van der Waals surface area contributed by atoms with Gasteiger partial charge in [-0.05, 0) is 105 Å². The van der Waals surface area contributed by atoms with E-state index in [2.05, 4.69) is 44.5 Å². The third kappa shape index (κ3) is 4.10. The fraction of sp³-hybridized carbons (Fsp3) is 1.00. The lowest BCUT2D eigenvalue weighted by Gasteiger charge is -2.62. The highest BCUT2D eigenvalue weighted by atomic mass is 28.4. The van der Waals surface area contributed by atoms with Gasteiger partial charge in [-0.3, -0.25) is 4.90 Å². The number of nitrogens with zero attached hydrogens (tertiary/aromatic N) is 1. The fourth-order valence-electron chi connectivity index (χ4n) is 9.57. The summed E-state index contributed by atoms with van der Waals surface area (Å²) in [6, 6.07) is 2.88. The summed E-state index contributed by atoms with van der Waals surface area (Å²) in [5, 5.41) is 14.7. The molecule has 5 heteroatoms. The van der Waals surface area contributed by atoms with Crippen molar-refractivity contribution >= 4 is 8.32 Å². The van der Waals surface area contributed by atoms with E-state index >= 15 is 0 Å². The highest BCUT2D eigenvalue weighted by Gasteiger charge is 2.62. The molecule has 0 bridgehead atoms. The van der Waals surface area contributed by atoms with Crippen LogP contribution in [-0.4, -0.2) is 62.8 Å². The molecular weight excluding hydrogens is 424 g/mol. The van der Waals surface area contributed by atoms with Crippen molar-refractivity contribution in [3.8, 4) is 0 Å². The predicted molar refractivity (Wildman–Crippen MR) is 139 cm³/mol. The summed E-state index contributed by atoms with van der Waals surface area (Å²) in [6.45, 7) is 16.8. The summed E-state index contributed by atoms with van der Waals surface area (Å²) < 4.78 is 7.08. The lowest BCUT2D eigenvalue weighted by Crippen LogP contribution is -2.61. The van der Waals surface area contributed by atoms with Crippen LogP contribution < -0.4 is 5.32 Å². The van der Waals surface area contributed by atoms with Crippen LogP contribution in [0.1, 0.15) is 79.1 Å². The number of nitrogens with one attached hydrogen (secondary N) is 1. The van der Waals surface area contributed by atoms with Gasteiger partial charge < -0.3 is 14.8 Å². The van der Waals surface area contributed by atoms with Crippen molar-refractivity contribution in [3.63, 3.8) is 0 Å². The minimum Gasteiger partial charge on any atom is -0.414 e. The number of aliphatic hydroxyl groups excluding tert-OH is 1. The molecule has 0 aromatic heterocycles. The second-order valence-corrected chi connectivity index (χ2v) is 18.0. The molecule has 5 fully saturated rings. The van der Waals surface area contributed by atoms with E-state index in [9.17, 15) is 5.11 Å². The van der Waals surface area contributed by atoms with Gasteiger partial charge in [0.1, 0.15) is 0 Å². The summed E-state index contributed by atoms with van der Waals surface area (Å²) in [5.41, 5.74) is 0.809. The summed E-state index contributed by atoms with van der Waals surface area (Å²) in [5.74, 6) is 3.32. The molecule has 4 nitrogen and oxygen atoms in total. The van der Waals surface area contributed by atoms with Crippen LogP contribution in [0.3, 0.4) is 0 Å². The maximum atomic E-state index is 11.2. The van der Waals surface area contributed by atoms with E-state index in [-0.39, 0.29) is 6.10 Å². The van der Waals surface area contributed by atoms with Crippen molar-refractivity contribution < 1.29 is 9.53 Å². The van der Waals surface area contributed by atoms with Crippen molar-refractivity contribution in [2.24, 2.45) is 34.5 Å². The molecule has 4 saturated carbocycles. The van der Waals surface area contributed by atoms with Crippen molar-refractivity contribution in [1.29, 1.82) is 0 Å². The van der Waals surface area contributed by atoms with Crippen LogP contribution in [0.15, 0.2) is 0 Å². The van der Waals surface area contributed by atoms with E-state index in [0.29, 0.717) is 23.0 Å². The fourth-order valence-corrected chi connectivity index (χ4v) is 11.5. The van der Waals surface area contributed by atoms with Gasteiger partial charge in [0.2, 0.25) is 0 Å². The number of aliphatic hydroxyl groups is 1. The van der Waals surface area contributed by atoms with Gasteiger partial charge in [-0.25, -0.2) is 0 Å². The van der Waals surface area contributed by atoms with Gasteiger partial charge in [0.05, 0.1) is 12.2 Å². The molecule has 9 atom stereocenters. The predicted octanol–water partition coefficient (Wildman–Crippen LogP) is 5.27. The second kappa shape index (κ2) is 9.17. The molecule has 0 aromatic rings. The topological polar surface area (TPSA) is 44.7 Å². The number of piperazine rings is 1. The first kappa shape index (κ1) is 24.7. The largest absolute Gasteiger partial charge is 0.414 e. The van der Waals surface area contributed by atoms with Gasteiger partial charge >= 0.3 is 0 Å². The number of hydrogen-bond donors (Lipinski definition) is 2. The van der Waals surface area contributed by atoms with Gasteiger partial charge in [-0.1, -0.05) is 27.7 Å². The molecular formula is C28H52N2O2Si. The van der Waals surface area contributed by atoms with Gasteiger partial charge in [0.25, 0.3) is 0 Å². The van der Waals surface area contributed by atoms with Crippen LogP contribution in [0.4, 0.5) is 0 Å². The smallest absolute Gasteiger partial charge is 0.189 e. The zero-order chi connectivity index (χ0) is 23.4. The second-order valence-electron chi connectivity index (χ2n) is 13.4. The van der Waals surface area contributed by atoms with Gasteiger partial charge in [-0.15, -0.1) is 0 Å². The van der Waals surface area contributed by atoms with Crippen LogP contribution in [-0.2, 0) is 4.43 Å². The quantitative estimate of drug-likeness (QED) is 0.530. The molecule has 1 heterocycles. The van der Waals surface area contributed by atoms with E-state index in [1.807, 2.05) is 0 Å². The maximum absolute atomic E-state index is 11.2. The van der Waals surface area contributed by atoms with Crippen molar-refractivity contribution in [2.75, 3.05) is 26.2 Å². The Morgan fingerprint density at radius 2 is 1.67 bits per heavy atom. The standard InChI is InChI=1S/C28H52N2O2Si/c1-6-33(5,7-2)32-26-11-10-22-21-9-8-20-18-25(31)24(30-16-14-29-15-17-30)19-28(20,4)23(21)12-13-27(22,26)3/h20-26,29,31H,6-19H2,1-5H3/t20?,21?,22?,23?,24-,25-,26-,27-,28-/m0/s1. The summed E-state index contributed by atoms with van der Waals surface area (Å²) in [7, 11) is -1.55. The Morgan fingerprint density at radius 1 is 0.970 bits per heavy atom. The molecule has 0 aromatic carbocycles. The third-order valence-corrected chi connectivity index (χ3v) is 16.0. The van der Waals surface area contributed by atoms with E-state index in [4.69, 9.17) is 4.43 Å². The molecule has 0 radical (unpaired) electrons. The summed E-state index contributed by atoms with van der Waals surface area (Å²) in [4.78, 5) is 2.62. The van der Waals surface area contributed by atoms with Crippen LogP contribution in [0.25, 0.3) is 0 Å². The SMILES string of the molecule is CC[Si](C)(CC)O[C@H]1CCC2C3CCC4C[C@H](O)[C@@H](N5CCNCC5)C[C@]4(C)C3CC[C@@]21C. The maximum Gasteiger partial charge on any atom is 0.189 e. The molecule has 0 spiro atoms. The highest BCUT2D eigenvalue weighted by molar-refractivity contribution is 6.72. The van der Waals surface area contributed by atoms with Gasteiger partial charge in [0.15, 0.2) is 8.32 Å². The van der Waals surface area contributed by atoms with Gasteiger partial charge in [-0.2, -0.15) is 0 Å². The molecule has 2 N–H and O–H groups in total. The zero-order valence-electron chi connectivity index (χ0n) is 22.2. The summed E-state index contributed by atoms with van der Waals surface area (Å²) in [6.07, 6.45) is 10.8. The Hall–Kier alpha value is 0.0569. The first-order valence-electron chi connectivity index (χ1n) is 14.5. The lowest BCUT2D eigenvalue weighted by atomic mass is 9.44. The monoisotopic (exact) mass is 476 g/mol. The van der Waals surface area contributed by atoms with Crippen molar-refractivity contribution in [1.82, 2.24) is 10.2 Å². The van der Waals surface area contributed by atoms with E-state index in [1.54, 1.807) is 0 Å². The molecule has 0 amide bonds. The Morgan fingerprint density at radius 3 is 2.36 bits per heavy atom. The molecule has 5 rings (SSSR count). The first-order chi connectivity index (χ1) is 15.7. The van der Waals surface area contributed by atoms with Crippen LogP contribution in [0.5, 0.6) is 0 Å². The number of rotatable bonds is 5. The number of fused-ring (bicyclic) bond motifs is 5. The average Bonchev–Trinajstić information content (AvgIpc) is 3.15. The van der Waals surface area contributed by atoms with E-state index < -0.39 is 8.32 Å². The Labute approximate surface area is 204 Å². The Bertz CT molecular complexity index is 695. The molecule has 33 heavy (non-hydrogen) atoms.